The normalized spacial score (nSPS) is 26.0. The van der Waals surface area contributed by atoms with E-state index in [2.05, 4.69) is 22.6 Å². The van der Waals surface area contributed by atoms with E-state index in [1.165, 1.54) is 68.5 Å². The quantitative estimate of drug-likeness (QED) is 0.791. The van der Waals surface area contributed by atoms with Crippen molar-refractivity contribution in [1.82, 2.24) is 10.3 Å². The summed E-state index contributed by atoms with van der Waals surface area (Å²) in [5, 5.41) is 6.54. The molecule has 0 aliphatic heterocycles. The Morgan fingerprint density at radius 2 is 1.76 bits per heavy atom. The van der Waals surface area contributed by atoms with Crippen molar-refractivity contribution in [2.45, 2.75) is 86.8 Å². The largest absolute Gasteiger partial charge is 0.313 e. The fourth-order valence-corrected chi connectivity index (χ4v) is 5.37. The molecule has 0 spiro atoms. The molecule has 1 aliphatic rings. The summed E-state index contributed by atoms with van der Waals surface area (Å²) in [5.41, 5.74) is 0. The van der Waals surface area contributed by atoms with Gasteiger partial charge < -0.3 is 5.32 Å². The molecule has 0 aromatic carbocycles. The van der Waals surface area contributed by atoms with Crippen molar-refractivity contribution in [3.63, 3.8) is 0 Å². The molecule has 1 saturated carbocycles. The third-order valence-corrected chi connectivity index (χ3v) is 6.65. The number of rotatable bonds is 4. The van der Waals surface area contributed by atoms with E-state index in [4.69, 9.17) is 0 Å². The van der Waals surface area contributed by atoms with Crippen LogP contribution < -0.4 is 5.32 Å². The molecule has 1 aromatic heterocycles. The van der Waals surface area contributed by atoms with Crippen LogP contribution in [0.3, 0.4) is 0 Å². The molecule has 2 nitrogen and oxygen atoms in total. The predicted molar refractivity (Wildman–Crippen MR) is 95.4 cm³/mol. The molecule has 0 bridgehead atoms. The molecule has 2 atom stereocenters. The Labute approximate surface area is 138 Å². The van der Waals surface area contributed by atoms with Crippen molar-refractivity contribution in [2.75, 3.05) is 6.54 Å². The first-order valence-electron chi connectivity index (χ1n) is 8.69. The number of aromatic nitrogens is 1. The zero-order valence-corrected chi connectivity index (χ0v) is 15.0. The van der Waals surface area contributed by atoms with Crippen LogP contribution in [0.15, 0.2) is 15.9 Å². The van der Waals surface area contributed by atoms with Gasteiger partial charge in [0.1, 0.15) is 4.34 Å². The molecule has 2 unspecified atom stereocenters. The first-order chi connectivity index (χ1) is 10.4. The number of thiazole rings is 1. The molecule has 1 aliphatic carbocycles. The number of thioether (sulfide) groups is 1. The SMILES string of the molecule is CCNC1CCCCCCCCCCC1Sc1nccs1. The second kappa shape index (κ2) is 10.6. The Hall–Kier alpha value is -0.0600. The van der Waals surface area contributed by atoms with Crippen molar-refractivity contribution in [3.05, 3.63) is 11.6 Å². The summed E-state index contributed by atoms with van der Waals surface area (Å²) in [6.07, 6.45) is 15.9. The summed E-state index contributed by atoms with van der Waals surface area (Å²) in [6.45, 7) is 3.32. The smallest absolute Gasteiger partial charge is 0.150 e. The Morgan fingerprint density at radius 1 is 1.10 bits per heavy atom. The van der Waals surface area contributed by atoms with E-state index in [9.17, 15) is 0 Å². The lowest BCUT2D eigenvalue weighted by atomic mass is 9.97. The summed E-state index contributed by atoms with van der Waals surface area (Å²) in [7, 11) is 0. The number of hydrogen-bond donors (Lipinski definition) is 1. The van der Waals surface area contributed by atoms with Crippen LogP contribution in [0.4, 0.5) is 0 Å². The van der Waals surface area contributed by atoms with Gasteiger partial charge in [-0.05, 0) is 19.4 Å². The maximum atomic E-state index is 4.49. The van der Waals surface area contributed by atoms with Crippen molar-refractivity contribution in [2.24, 2.45) is 0 Å². The van der Waals surface area contributed by atoms with Crippen LogP contribution in [-0.4, -0.2) is 22.8 Å². The van der Waals surface area contributed by atoms with Crippen molar-refractivity contribution in [3.8, 4) is 0 Å². The first-order valence-corrected chi connectivity index (χ1v) is 10.5. The standard InChI is InChI=1S/C17H30N2S2/c1-2-18-15-11-9-7-5-3-4-6-8-10-12-16(15)21-17-19-13-14-20-17/h13-16,18H,2-12H2,1H3. The highest BCUT2D eigenvalue weighted by molar-refractivity contribution is 8.01. The summed E-state index contributed by atoms with van der Waals surface area (Å²) in [6, 6.07) is 0.656. The van der Waals surface area contributed by atoms with Gasteiger partial charge in [0.05, 0.1) is 0 Å². The molecule has 1 heterocycles. The van der Waals surface area contributed by atoms with Crippen molar-refractivity contribution < 1.29 is 0 Å². The van der Waals surface area contributed by atoms with Crippen molar-refractivity contribution in [1.29, 1.82) is 0 Å². The van der Waals surface area contributed by atoms with Crippen LogP contribution in [0.2, 0.25) is 0 Å². The minimum Gasteiger partial charge on any atom is -0.313 e. The summed E-state index contributed by atoms with van der Waals surface area (Å²) < 4.78 is 1.25. The monoisotopic (exact) mass is 326 g/mol. The van der Waals surface area contributed by atoms with Crippen molar-refractivity contribution >= 4 is 23.1 Å². The van der Waals surface area contributed by atoms with E-state index in [1.54, 1.807) is 11.3 Å². The average molecular weight is 327 g/mol. The van der Waals surface area contributed by atoms with Gasteiger partial charge in [-0.15, -0.1) is 11.3 Å². The lowest BCUT2D eigenvalue weighted by Gasteiger charge is -2.27. The molecular weight excluding hydrogens is 296 g/mol. The van der Waals surface area contributed by atoms with E-state index in [0.29, 0.717) is 11.3 Å². The average Bonchev–Trinajstić information content (AvgIpc) is 2.98. The molecular formula is C17H30N2S2. The zero-order chi connectivity index (χ0) is 14.8. The van der Waals surface area contributed by atoms with Crippen LogP contribution in [0.1, 0.15) is 71.1 Å². The minimum atomic E-state index is 0.656. The summed E-state index contributed by atoms with van der Waals surface area (Å²) in [5.74, 6) is 0. The molecule has 0 radical (unpaired) electrons. The Balaban J connectivity index is 1.95. The molecule has 120 valence electrons. The summed E-state index contributed by atoms with van der Waals surface area (Å²) >= 11 is 3.80. The molecule has 2 rings (SSSR count). The molecule has 4 heteroatoms. The van der Waals surface area contributed by atoms with E-state index >= 15 is 0 Å². The van der Waals surface area contributed by atoms with E-state index in [0.717, 1.165) is 6.54 Å². The van der Waals surface area contributed by atoms with Crippen LogP contribution in [0, 0.1) is 0 Å². The Bertz CT molecular complexity index is 354. The molecule has 1 aromatic rings. The van der Waals surface area contributed by atoms with Gasteiger partial charge >= 0.3 is 0 Å². The number of hydrogen-bond acceptors (Lipinski definition) is 4. The third kappa shape index (κ3) is 6.70. The topological polar surface area (TPSA) is 24.9 Å². The number of nitrogens with zero attached hydrogens (tertiary/aromatic N) is 1. The molecule has 1 fully saturated rings. The second-order valence-electron chi connectivity index (χ2n) is 6.02. The van der Waals surface area contributed by atoms with Gasteiger partial charge in [-0.2, -0.15) is 0 Å². The third-order valence-electron chi connectivity index (χ3n) is 4.33. The molecule has 0 saturated heterocycles. The second-order valence-corrected chi connectivity index (χ2v) is 8.41. The van der Waals surface area contributed by atoms with E-state index in [-0.39, 0.29) is 0 Å². The van der Waals surface area contributed by atoms with Gasteiger partial charge in [-0.3, -0.25) is 0 Å². The maximum absolute atomic E-state index is 4.49. The van der Waals surface area contributed by atoms with Crippen LogP contribution in [0.25, 0.3) is 0 Å². The van der Waals surface area contributed by atoms with E-state index < -0.39 is 0 Å². The highest BCUT2D eigenvalue weighted by atomic mass is 32.2. The lowest BCUT2D eigenvalue weighted by molar-refractivity contribution is 0.420. The fourth-order valence-electron chi connectivity index (χ4n) is 3.19. The number of nitrogens with one attached hydrogen (secondary N) is 1. The first kappa shape index (κ1) is 17.3. The molecule has 21 heavy (non-hydrogen) atoms. The minimum absolute atomic E-state index is 0.656. The van der Waals surface area contributed by atoms with Gasteiger partial charge in [-0.25, -0.2) is 4.98 Å². The Kier molecular flexibility index (Phi) is 8.76. The maximum Gasteiger partial charge on any atom is 0.150 e. The molecule has 1 N–H and O–H groups in total. The highest BCUT2D eigenvalue weighted by Crippen LogP contribution is 2.32. The van der Waals surface area contributed by atoms with Crippen LogP contribution in [0.5, 0.6) is 0 Å². The van der Waals surface area contributed by atoms with Gasteiger partial charge in [0.25, 0.3) is 0 Å². The highest BCUT2D eigenvalue weighted by Gasteiger charge is 2.22. The van der Waals surface area contributed by atoms with Gasteiger partial charge in [0.15, 0.2) is 0 Å². The Morgan fingerprint density at radius 3 is 2.38 bits per heavy atom. The summed E-state index contributed by atoms with van der Waals surface area (Å²) in [4.78, 5) is 4.49. The van der Waals surface area contributed by atoms with Gasteiger partial charge in [-0.1, -0.05) is 70.1 Å². The lowest BCUT2D eigenvalue weighted by Crippen LogP contribution is -2.38. The van der Waals surface area contributed by atoms with Crippen LogP contribution >= 0.6 is 23.1 Å². The van der Waals surface area contributed by atoms with Gasteiger partial charge in [0.2, 0.25) is 0 Å². The fraction of sp³-hybridized carbons (Fsp3) is 0.824. The zero-order valence-electron chi connectivity index (χ0n) is 13.4. The predicted octanol–water partition coefficient (Wildman–Crippen LogP) is 5.50. The van der Waals surface area contributed by atoms with E-state index in [1.807, 2.05) is 18.0 Å². The van der Waals surface area contributed by atoms with Gasteiger partial charge in [0, 0.05) is 22.9 Å². The molecule has 0 amide bonds. The van der Waals surface area contributed by atoms with Crippen LogP contribution in [-0.2, 0) is 0 Å².